The Balaban J connectivity index is 1.90. The van der Waals surface area contributed by atoms with Gasteiger partial charge in [-0.3, -0.25) is 4.79 Å². The number of unbranched alkanes of at least 4 members (excludes halogenated alkanes) is 2. The molecular formula is C21H24Cl2N2O3. The number of rotatable bonds is 10. The minimum Gasteiger partial charge on any atom is -0.493 e. The van der Waals surface area contributed by atoms with Crippen molar-refractivity contribution in [1.82, 2.24) is 5.43 Å². The van der Waals surface area contributed by atoms with Crippen LogP contribution in [0.1, 0.15) is 38.7 Å². The Labute approximate surface area is 175 Å². The van der Waals surface area contributed by atoms with Gasteiger partial charge in [-0.05, 0) is 43.7 Å². The quantitative estimate of drug-likeness (QED) is 0.313. The molecule has 1 N–H and O–H groups in total. The monoisotopic (exact) mass is 422 g/mol. The second-order valence-electron chi connectivity index (χ2n) is 6.16. The molecule has 1 atom stereocenters. The van der Waals surface area contributed by atoms with Gasteiger partial charge in [0.25, 0.3) is 5.91 Å². The number of hydrogen-bond acceptors (Lipinski definition) is 4. The van der Waals surface area contributed by atoms with Gasteiger partial charge in [-0.2, -0.15) is 5.10 Å². The van der Waals surface area contributed by atoms with Gasteiger partial charge in [0, 0.05) is 10.6 Å². The van der Waals surface area contributed by atoms with E-state index in [4.69, 9.17) is 32.7 Å². The van der Waals surface area contributed by atoms with Crippen LogP contribution >= 0.6 is 23.2 Å². The first kappa shape index (κ1) is 22.1. The molecule has 0 spiro atoms. The summed E-state index contributed by atoms with van der Waals surface area (Å²) in [5.41, 5.74) is 3.25. The normalized spacial score (nSPS) is 12.0. The first-order chi connectivity index (χ1) is 13.5. The first-order valence-electron chi connectivity index (χ1n) is 9.17. The molecule has 0 aliphatic carbocycles. The van der Waals surface area contributed by atoms with Gasteiger partial charge in [-0.25, -0.2) is 5.43 Å². The summed E-state index contributed by atoms with van der Waals surface area (Å²) in [7, 11) is 0. The summed E-state index contributed by atoms with van der Waals surface area (Å²) in [6, 6.07) is 12.3. The summed E-state index contributed by atoms with van der Waals surface area (Å²) >= 11 is 11.9. The van der Waals surface area contributed by atoms with Gasteiger partial charge in [-0.15, -0.1) is 0 Å². The lowest BCUT2D eigenvalue weighted by molar-refractivity contribution is -0.127. The summed E-state index contributed by atoms with van der Waals surface area (Å²) in [4.78, 5) is 12.2. The molecule has 2 aromatic carbocycles. The van der Waals surface area contributed by atoms with E-state index in [1.807, 2.05) is 24.3 Å². The Hall–Kier alpha value is -2.24. The van der Waals surface area contributed by atoms with Crippen molar-refractivity contribution in [3.05, 3.63) is 58.1 Å². The smallest absolute Gasteiger partial charge is 0.280 e. The lowest BCUT2D eigenvalue weighted by atomic mass is 10.2. The molecule has 28 heavy (non-hydrogen) atoms. The largest absolute Gasteiger partial charge is 0.493 e. The van der Waals surface area contributed by atoms with Crippen molar-refractivity contribution in [3.63, 3.8) is 0 Å². The van der Waals surface area contributed by atoms with Gasteiger partial charge < -0.3 is 9.47 Å². The average Bonchev–Trinajstić information content (AvgIpc) is 2.68. The van der Waals surface area contributed by atoms with Crippen LogP contribution in [0.5, 0.6) is 11.5 Å². The Morgan fingerprint density at radius 2 is 1.96 bits per heavy atom. The lowest BCUT2D eigenvalue weighted by Crippen LogP contribution is -2.33. The molecule has 0 aromatic heterocycles. The number of hydrogen-bond donors (Lipinski definition) is 1. The van der Waals surface area contributed by atoms with E-state index in [0.717, 1.165) is 30.6 Å². The molecule has 0 aliphatic heterocycles. The molecule has 5 nitrogen and oxygen atoms in total. The van der Waals surface area contributed by atoms with E-state index in [0.29, 0.717) is 22.4 Å². The number of benzene rings is 2. The summed E-state index contributed by atoms with van der Waals surface area (Å²) < 4.78 is 11.4. The highest BCUT2D eigenvalue weighted by Crippen LogP contribution is 2.28. The van der Waals surface area contributed by atoms with Gasteiger partial charge in [0.15, 0.2) is 6.10 Å². The molecule has 0 unspecified atom stereocenters. The van der Waals surface area contributed by atoms with Crippen LogP contribution in [0.2, 0.25) is 10.0 Å². The predicted molar refractivity (Wildman–Crippen MR) is 114 cm³/mol. The third-order valence-corrected chi connectivity index (χ3v) is 4.40. The second-order valence-corrected chi connectivity index (χ2v) is 7.01. The average molecular weight is 423 g/mol. The third kappa shape index (κ3) is 7.06. The maximum atomic E-state index is 12.2. The number of ether oxygens (including phenoxy) is 2. The second kappa shape index (κ2) is 11.6. The van der Waals surface area contributed by atoms with Crippen LogP contribution in [0.4, 0.5) is 0 Å². The minimum atomic E-state index is -0.781. The topological polar surface area (TPSA) is 59.9 Å². The van der Waals surface area contributed by atoms with Crippen LogP contribution in [0, 0.1) is 0 Å². The van der Waals surface area contributed by atoms with Crippen LogP contribution in [-0.2, 0) is 4.79 Å². The van der Waals surface area contributed by atoms with Crippen molar-refractivity contribution in [2.45, 2.75) is 39.2 Å². The molecule has 150 valence electrons. The van der Waals surface area contributed by atoms with E-state index in [2.05, 4.69) is 17.5 Å². The van der Waals surface area contributed by atoms with Crippen LogP contribution in [0.3, 0.4) is 0 Å². The molecule has 0 radical (unpaired) electrons. The molecule has 0 bridgehead atoms. The fourth-order valence-electron chi connectivity index (χ4n) is 2.32. The predicted octanol–water partition coefficient (Wildman–Crippen LogP) is 5.48. The highest BCUT2D eigenvalue weighted by Gasteiger charge is 2.15. The van der Waals surface area contributed by atoms with Crippen LogP contribution in [0.25, 0.3) is 0 Å². The van der Waals surface area contributed by atoms with E-state index >= 15 is 0 Å². The molecule has 1 amide bonds. The van der Waals surface area contributed by atoms with Crippen molar-refractivity contribution in [2.24, 2.45) is 5.10 Å². The zero-order valence-electron chi connectivity index (χ0n) is 16.0. The van der Waals surface area contributed by atoms with Crippen LogP contribution < -0.4 is 14.9 Å². The lowest BCUT2D eigenvalue weighted by Gasteiger charge is -2.14. The van der Waals surface area contributed by atoms with Gasteiger partial charge >= 0.3 is 0 Å². The molecular weight excluding hydrogens is 399 g/mol. The minimum absolute atomic E-state index is 0.338. The Morgan fingerprint density at radius 3 is 2.71 bits per heavy atom. The molecule has 0 heterocycles. The zero-order chi connectivity index (χ0) is 20.4. The van der Waals surface area contributed by atoms with Crippen molar-refractivity contribution in [3.8, 4) is 11.5 Å². The highest BCUT2D eigenvalue weighted by atomic mass is 35.5. The highest BCUT2D eigenvalue weighted by molar-refractivity contribution is 6.35. The molecule has 0 aliphatic rings. The zero-order valence-corrected chi connectivity index (χ0v) is 17.5. The molecule has 0 fully saturated rings. The Kier molecular flexibility index (Phi) is 9.11. The number of halogens is 2. The number of nitrogens with one attached hydrogen (secondary N) is 1. The number of nitrogens with zero attached hydrogens (tertiary/aromatic N) is 1. The number of carbonyl (C=O) groups excluding carboxylic acids is 1. The molecule has 0 saturated carbocycles. The SMILES string of the molecule is CCCCCOc1ccccc1C=NNC(=O)[C@@H](C)Oc1ccc(Cl)cc1Cl. The van der Waals surface area contributed by atoms with Gasteiger partial charge in [0.05, 0.1) is 17.8 Å². The van der Waals surface area contributed by atoms with Crippen LogP contribution in [-0.4, -0.2) is 24.8 Å². The standard InChI is InChI=1S/C21H24Cl2N2O3/c1-3-4-7-12-27-19-9-6-5-8-16(19)14-24-25-21(26)15(2)28-20-11-10-17(22)13-18(20)23/h5-6,8-11,13-15H,3-4,7,12H2,1-2H3,(H,25,26)/t15-/m1/s1. The van der Waals surface area contributed by atoms with E-state index < -0.39 is 12.0 Å². The fourth-order valence-corrected chi connectivity index (χ4v) is 2.78. The molecule has 0 saturated heterocycles. The Bertz CT molecular complexity index is 812. The van der Waals surface area contributed by atoms with Crippen molar-refractivity contribution in [2.75, 3.05) is 6.61 Å². The van der Waals surface area contributed by atoms with Crippen molar-refractivity contribution in [1.29, 1.82) is 0 Å². The van der Waals surface area contributed by atoms with Crippen LogP contribution in [0.15, 0.2) is 47.6 Å². The molecule has 2 aromatic rings. The van der Waals surface area contributed by atoms with Gasteiger partial charge in [0.2, 0.25) is 0 Å². The molecule has 7 heteroatoms. The number of carbonyl (C=O) groups is 1. The maximum absolute atomic E-state index is 12.2. The maximum Gasteiger partial charge on any atom is 0.280 e. The van der Waals surface area contributed by atoms with Crippen molar-refractivity contribution < 1.29 is 14.3 Å². The van der Waals surface area contributed by atoms with Crippen molar-refractivity contribution >= 4 is 35.3 Å². The number of para-hydroxylation sites is 1. The van der Waals surface area contributed by atoms with Gasteiger partial charge in [0.1, 0.15) is 11.5 Å². The summed E-state index contributed by atoms with van der Waals surface area (Å²) in [6.45, 7) is 4.41. The first-order valence-corrected chi connectivity index (χ1v) is 9.93. The fraction of sp³-hybridized carbons (Fsp3) is 0.333. The summed E-state index contributed by atoms with van der Waals surface area (Å²) in [6.07, 6.45) is 4.04. The van der Waals surface area contributed by atoms with E-state index in [1.54, 1.807) is 31.3 Å². The number of amides is 1. The summed E-state index contributed by atoms with van der Waals surface area (Å²) in [5.74, 6) is 0.709. The summed E-state index contributed by atoms with van der Waals surface area (Å²) in [5, 5.41) is 4.84. The molecule has 2 rings (SSSR count). The van der Waals surface area contributed by atoms with E-state index in [1.165, 1.54) is 0 Å². The Morgan fingerprint density at radius 1 is 1.18 bits per heavy atom. The van der Waals surface area contributed by atoms with Gasteiger partial charge in [-0.1, -0.05) is 55.1 Å². The van der Waals surface area contributed by atoms with E-state index in [-0.39, 0.29) is 0 Å². The third-order valence-electron chi connectivity index (χ3n) is 3.87. The van der Waals surface area contributed by atoms with E-state index in [9.17, 15) is 4.79 Å². The number of hydrazone groups is 1.